The molecule has 0 radical (unpaired) electrons. The second-order valence-electron chi connectivity index (χ2n) is 9.25. The second-order valence-corrected chi connectivity index (χ2v) is 9.25. The summed E-state index contributed by atoms with van der Waals surface area (Å²) < 4.78 is 12.6. The molecule has 0 unspecified atom stereocenters. The van der Waals surface area contributed by atoms with E-state index < -0.39 is 0 Å². The Morgan fingerprint density at radius 3 is 2.63 bits per heavy atom. The Kier molecular flexibility index (Phi) is 7.31. The van der Waals surface area contributed by atoms with E-state index in [1.165, 1.54) is 18.1 Å². The number of hydrogen-bond acceptors (Lipinski definition) is 7. The van der Waals surface area contributed by atoms with E-state index in [4.69, 9.17) is 9.47 Å². The quantitative estimate of drug-likeness (QED) is 0.408. The van der Waals surface area contributed by atoms with Crippen LogP contribution in [0.25, 0.3) is 5.69 Å². The topological polar surface area (TPSA) is 104 Å². The number of carbonyl (C=O) groups excluding carboxylic acids is 2. The van der Waals surface area contributed by atoms with Crippen LogP contribution in [0, 0.1) is 25.7 Å². The van der Waals surface area contributed by atoms with Crippen LogP contribution in [0.5, 0.6) is 5.75 Å². The number of aliphatic hydroxyl groups excluding tert-OH is 1. The third-order valence-electron chi connectivity index (χ3n) is 6.86. The summed E-state index contributed by atoms with van der Waals surface area (Å²) >= 11 is 0. The first-order valence-electron chi connectivity index (χ1n) is 11.8. The maximum absolute atomic E-state index is 12.9. The number of esters is 2. The van der Waals surface area contributed by atoms with E-state index in [0.717, 1.165) is 41.6 Å². The van der Waals surface area contributed by atoms with Gasteiger partial charge in [-0.2, -0.15) is 0 Å². The van der Waals surface area contributed by atoms with Crippen molar-refractivity contribution < 1.29 is 24.2 Å². The number of aromatic nitrogens is 3. The van der Waals surface area contributed by atoms with E-state index in [-0.39, 0.29) is 37.0 Å². The van der Waals surface area contributed by atoms with Gasteiger partial charge in [-0.1, -0.05) is 24.3 Å². The summed E-state index contributed by atoms with van der Waals surface area (Å²) in [6.07, 6.45) is 4.25. The van der Waals surface area contributed by atoms with E-state index in [0.29, 0.717) is 11.4 Å². The molecule has 0 fully saturated rings. The minimum Gasteiger partial charge on any atom is -0.459 e. The highest BCUT2D eigenvalue weighted by molar-refractivity contribution is 5.73. The van der Waals surface area contributed by atoms with Gasteiger partial charge in [0.2, 0.25) is 0 Å². The maximum Gasteiger partial charge on any atom is 0.309 e. The van der Waals surface area contributed by atoms with Crippen molar-refractivity contribution in [3.63, 3.8) is 0 Å². The van der Waals surface area contributed by atoms with Crippen LogP contribution in [0.3, 0.4) is 0 Å². The van der Waals surface area contributed by atoms with Gasteiger partial charge < -0.3 is 14.6 Å². The minimum absolute atomic E-state index is 0.0177. The van der Waals surface area contributed by atoms with E-state index in [1.807, 2.05) is 51.1 Å². The number of aliphatic hydroxyl groups is 1. The molecule has 8 heteroatoms. The lowest BCUT2D eigenvalue weighted by atomic mass is 9.75. The van der Waals surface area contributed by atoms with Gasteiger partial charge in [0.05, 0.1) is 24.4 Å². The Balaban J connectivity index is 1.39. The van der Waals surface area contributed by atoms with Crippen LogP contribution in [0.1, 0.15) is 53.8 Å². The molecule has 1 aliphatic rings. The summed E-state index contributed by atoms with van der Waals surface area (Å²) in [5, 5.41) is 17.4. The Labute approximate surface area is 204 Å². The van der Waals surface area contributed by atoms with Crippen LogP contribution >= 0.6 is 0 Å². The zero-order valence-electron chi connectivity index (χ0n) is 20.6. The molecule has 2 atom stereocenters. The van der Waals surface area contributed by atoms with Gasteiger partial charge in [0.15, 0.2) is 0 Å². The van der Waals surface area contributed by atoms with Crippen molar-refractivity contribution in [2.45, 2.75) is 60.2 Å². The van der Waals surface area contributed by atoms with Crippen molar-refractivity contribution in [1.82, 2.24) is 15.0 Å². The van der Waals surface area contributed by atoms with Crippen LogP contribution in [0.2, 0.25) is 0 Å². The third kappa shape index (κ3) is 5.43. The summed E-state index contributed by atoms with van der Waals surface area (Å²) in [7, 11) is 0. The Hall–Kier alpha value is -3.52. The summed E-state index contributed by atoms with van der Waals surface area (Å²) in [5.74, 6) is -0.136. The summed E-state index contributed by atoms with van der Waals surface area (Å²) in [6.45, 7) is 7.36. The molecular weight excluding hydrogens is 446 g/mol. The van der Waals surface area contributed by atoms with Gasteiger partial charge in [-0.15, -0.1) is 5.10 Å². The van der Waals surface area contributed by atoms with Gasteiger partial charge in [0.25, 0.3) is 0 Å². The largest absolute Gasteiger partial charge is 0.459 e. The van der Waals surface area contributed by atoms with E-state index in [9.17, 15) is 14.7 Å². The first-order chi connectivity index (χ1) is 16.8. The molecular formula is C27H31N3O5. The molecule has 1 N–H and O–H groups in total. The maximum atomic E-state index is 12.9. The molecule has 8 nitrogen and oxygen atoms in total. The fourth-order valence-electron chi connectivity index (χ4n) is 4.72. The molecule has 0 saturated heterocycles. The van der Waals surface area contributed by atoms with Crippen molar-refractivity contribution in [3.8, 4) is 11.4 Å². The highest BCUT2D eigenvalue weighted by atomic mass is 16.5. The Morgan fingerprint density at radius 1 is 1.20 bits per heavy atom. The lowest BCUT2D eigenvalue weighted by molar-refractivity contribution is -0.151. The predicted octanol–water partition coefficient (Wildman–Crippen LogP) is 3.79. The van der Waals surface area contributed by atoms with E-state index >= 15 is 0 Å². The molecule has 3 aromatic rings. The number of hydrogen-bond donors (Lipinski definition) is 1. The van der Waals surface area contributed by atoms with Crippen molar-refractivity contribution in [1.29, 1.82) is 0 Å². The fraction of sp³-hybridized carbons (Fsp3) is 0.407. The highest BCUT2D eigenvalue weighted by Crippen LogP contribution is 2.38. The fourth-order valence-corrected chi connectivity index (χ4v) is 4.72. The van der Waals surface area contributed by atoms with Gasteiger partial charge >= 0.3 is 11.9 Å². The average Bonchev–Trinajstić information content (AvgIpc) is 3.33. The summed E-state index contributed by atoms with van der Waals surface area (Å²) in [5.41, 5.74) is 6.73. The van der Waals surface area contributed by atoms with E-state index in [1.54, 1.807) is 10.9 Å². The highest BCUT2D eigenvalue weighted by Gasteiger charge is 2.31. The number of carbonyl (C=O) groups is 2. The molecule has 0 amide bonds. The van der Waals surface area contributed by atoms with Gasteiger partial charge in [0, 0.05) is 6.92 Å². The monoisotopic (exact) mass is 477 g/mol. The molecule has 0 saturated carbocycles. The third-order valence-corrected chi connectivity index (χ3v) is 6.86. The standard InChI is InChI=1S/C27H31N3O5/c1-16-11-26(35-19(4)32)18(3)25-12-21(7-10-24(16)25)17(2)27(33)34-15-22-13-30(29-28-22)23-8-5-20(14-31)6-9-23/h5-6,8-9,11,13,17,21,31H,7,10,12,14-15H2,1-4H3/t17-,21-/m1/s1. The number of ether oxygens (including phenoxy) is 2. The van der Waals surface area contributed by atoms with Gasteiger partial charge in [-0.3, -0.25) is 9.59 Å². The first-order valence-corrected chi connectivity index (χ1v) is 11.8. The van der Waals surface area contributed by atoms with Crippen LogP contribution in [0.4, 0.5) is 0 Å². The van der Waals surface area contributed by atoms with Gasteiger partial charge in [0.1, 0.15) is 18.1 Å². The van der Waals surface area contributed by atoms with E-state index in [2.05, 4.69) is 10.3 Å². The number of fused-ring (bicyclic) bond motifs is 1. The van der Waals surface area contributed by atoms with Crippen molar-refractivity contribution in [3.05, 3.63) is 70.0 Å². The van der Waals surface area contributed by atoms with Crippen molar-refractivity contribution in [2.75, 3.05) is 0 Å². The Bertz CT molecular complexity index is 1230. The van der Waals surface area contributed by atoms with Crippen LogP contribution < -0.4 is 4.74 Å². The molecule has 184 valence electrons. The van der Waals surface area contributed by atoms with Crippen molar-refractivity contribution in [2.24, 2.45) is 11.8 Å². The lowest BCUT2D eigenvalue weighted by Crippen LogP contribution is -2.29. The SMILES string of the molecule is CC(=O)Oc1cc(C)c2c(c1C)C[C@H]([C@@H](C)C(=O)OCc1cn(-c3ccc(CO)cc3)nn1)CC2. The lowest BCUT2D eigenvalue weighted by Gasteiger charge is -2.31. The summed E-state index contributed by atoms with van der Waals surface area (Å²) in [4.78, 5) is 24.4. The smallest absolute Gasteiger partial charge is 0.309 e. The van der Waals surface area contributed by atoms with Crippen LogP contribution in [-0.2, 0) is 40.4 Å². The first kappa shape index (κ1) is 24.6. The number of rotatable bonds is 7. The number of nitrogens with zero attached hydrogens (tertiary/aromatic N) is 3. The van der Waals surface area contributed by atoms with Crippen LogP contribution in [0.15, 0.2) is 36.5 Å². The molecule has 1 aromatic heterocycles. The molecule has 1 heterocycles. The van der Waals surface area contributed by atoms with Gasteiger partial charge in [-0.05, 0) is 85.0 Å². The van der Waals surface area contributed by atoms with Crippen LogP contribution in [-0.4, -0.2) is 32.0 Å². The average molecular weight is 478 g/mol. The predicted molar refractivity (Wildman–Crippen MR) is 129 cm³/mol. The molecule has 1 aliphatic carbocycles. The molecule has 0 spiro atoms. The molecule has 4 rings (SSSR count). The molecule has 35 heavy (non-hydrogen) atoms. The number of aryl methyl sites for hydroxylation is 1. The summed E-state index contributed by atoms with van der Waals surface area (Å²) in [6, 6.07) is 9.26. The molecule has 2 aromatic carbocycles. The second kappa shape index (κ2) is 10.4. The molecule has 0 aliphatic heterocycles. The Morgan fingerprint density at radius 2 is 1.94 bits per heavy atom. The zero-order chi connectivity index (χ0) is 25.1. The van der Waals surface area contributed by atoms with Gasteiger partial charge in [-0.25, -0.2) is 4.68 Å². The van der Waals surface area contributed by atoms with Crippen molar-refractivity contribution >= 4 is 11.9 Å². The normalized spacial score (nSPS) is 15.9. The minimum atomic E-state index is -0.337. The molecule has 0 bridgehead atoms. The number of benzene rings is 2. The zero-order valence-corrected chi connectivity index (χ0v) is 20.6.